The number of rotatable bonds is 6. The Morgan fingerprint density at radius 1 is 1.22 bits per heavy atom. The number of thioether (sulfide) groups is 1. The van der Waals surface area contributed by atoms with E-state index in [0.717, 1.165) is 44.3 Å². The summed E-state index contributed by atoms with van der Waals surface area (Å²) in [7, 11) is 1.92. The van der Waals surface area contributed by atoms with E-state index >= 15 is 0 Å². The number of halogens is 1. The van der Waals surface area contributed by atoms with Crippen LogP contribution >= 0.6 is 35.7 Å². The van der Waals surface area contributed by atoms with E-state index in [2.05, 4.69) is 37.3 Å². The second-order valence-electron chi connectivity index (χ2n) is 7.34. The van der Waals surface area contributed by atoms with Crippen molar-refractivity contribution in [3.63, 3.8) is 0 Å². The highest BCUT2D eigenvalue weighted by Gasteiger charge is 2.38. The van der Waals surface area contributed by atoms with Crippen LogP contribution in [0.3, 0.4) is 0 Å². The van der Waals surface area contributed by atoms with Gasteiger partial charge in [0.1, 0.15) is 5.82 Å². The van der Waals surface area contributed by atoms with Crippen molar-refractivity contribution in [3.8, 4) is 0 Å². The first-order valence-electron chi connectivity index (χ1n) is 10.1. The van der Waals surface area contributed by atoms with Crippen LogP contribution in [0.25, 0.3) is 0 Å². The van der Waals surface area contributed by atoms with Gasteiger partial charge in [0.05, 0.1) is 0 Å². The van der Waals surface area contributed by atoms with Crippen molar-refractivity contribution in [2.75, 3.05) is 44.3 Å². The number of unbranched alkanes of at least 4 members (excludes halogenated alkanes) is 1. The van der Waals surface area contributed by atoms with Crippen molar-refractivity contribution in [2.45, 2.75) is 49.7 Å². The van der Waals surface area contributed by atoms with Crippen LogP contribution in [-0.2, 0) is 0 Å². The maximum absolute atomic E-state index is 4.55. The van der Waals surface area contributed by atoms with Crippen molar-refractivity contribution in [1.82, 2.24) is 15.2 Å². The number of hydrogen-bond donors (Lipinski definition) is 2. The standard InChI is InChI=1S/C20H33N5S.HI/c1-21-19(24-14-8-7-13-23-18-9-3-6-12-22-18)25-15-16-26-20(17-25)10-4-2-5-11-20;/h3,6,9,12H,2,4-5,7-8,10-11,13-17H2,1H3,(H,21,24)(H,22,23);1H. The highest BCUT2D eigenvalue weighted by atomic mass is 127. The van der Waals surface area contributed by atoms with Gasteiger partial charge in [0, 0.05) is 49.9 Å². The molecule has 1 aliphatic carbocycles. The van der Waals surface area contributed by atoms with Crippen LogP contribution < -0.4 is 10.6 Å². The predicted molar refractivity (Wildman–Crippen MR) is 129 cm³/mol. The lowest BCUT2D eigenvalue weighted by Crippen LogP contribution is -2.53. The van der Waals surface area contributed by atoms with Crippen molar-refractivity contribution < 1.29 is 0 Å². The molecule has 0 aromatic carbocycles. The molecule has 7 heteroatoms. The van der Waals surface area contributed by atoms with Gasteiger partial charge in [0.25, 0.3) is 0 Å². The third kappa shape index (κ3) is 7.00. The Labute approximate surface area is 185 Å². The molecule has 0 unspecified atom stereocenters. The molecule has 0 amide bonds. The lowest BCUT2D eigenvalue weighted by atomic mass is 9.87. The van der Waals surface area contributed by atoms with Gasteiger partial charge >= 0.3 is 0 Å². The Balaban J connectivity index is 0.00000261. The minimum absolute atomic E-state index is 0. The Bertz CT molecular complexity index is 557. The molecule has 1 saturated carbocycles. The molecule has 3 rings (SSSR count). The zero-order valence-corrected chi connectivity index (χ0v) is 19.6. The summed E-state index contributed by atoms with van der Waals surface area (Å²) >= 11 is 2.21. The second-order valence-corrected chi connectivity index (χ2v) is 8.90. The molecule has 2 aliphatic rings. The van der Waals surface area contributed by atoms with E-state index < -0.39 is 0 Å². The normalized spacial score (nSPS) is 19.4. The van der Waals surface area contributed by atoms with Crippen LogP contribution in [0.2, 0.25) is 0 Å². The first-order chi connectivity index (χ1) is 12.8. The summed E-state index contributed by atoms with van der Waals surface area (Å²) in [5.41, 5.74) is 0. The third-order valence-electron chi connectivity index (χ3n) is 5.38. The number of anilines is 1. The summed E-state index contributed by atoms with van der Waals surface area (Å²) in [6, 6.07) is 5.96. The quantitative estimate of drug-likeness (QED) is 0.264. The molecule has 2 N–H and O–H groups in total. The van der Waals surface area contributed by atoms with E-state index in [1.54, 1.807) is 0 Å². The molecule has 2 heterocycles. The molecule has 2 fully saturated rings. The maximum Gasteiger partial charge on any atom is 0.193 e. The summed E-state index contributed by atoms with van der Waals surface area (Å²) in [5.74, 6) is 3.28. The fraction of sp³-hybridized carbons (Fsp3) is 0.700. The molecule has 0 bridgehead atoms. The summed E-state index contributed by atoms with van der Waals surface area (Å²) in [6.07, 6.45) is 11.1. The Morgan fingerprint density at radius 3 is 2.78 bits per heavy atom. The van der Waals surface area contributed by atoms with Crippen LogP contribution in [0, 0.1) is 0 Å². The maximum atomic E-state index is 4.55. The van der Waals surface area contributed by atoms with Crippen LogP contribution in [0.5, 0.6) is 0 Å². The fourth-order valence-electron chi connectivity index (χ4n) is 3.99. The monoisotopic (exact) mass is 503 g/mol. The average molecular weight is 503 g/mol. The van der Waals surface area contributed by atoms with E-state index in [9.17, 15) is 0 Å². The minimum Gasteiger partial charge on any atom is -0.370 e. The second kappa shape index (κ2) is 12.0. The number of aliphatic imine (C=N–C) groups is 1. The third-order valence-corrected chi connectivity index (χ3v) is 6.92. The van der Waals surface area contributed by atoms with E-state index in [1.807, 2.05) is 31.4 Å². The molecule has 27 heavy (non-hydrogen) atoms. The number of guanidine groups is 1. The number of hydrogen-bond acceptors (Lipinski definition) is 4. The molecule has 5 nitrogen and oxygen atoms in total. The largest absolute Gasteiger partial charge is 0.370 e. The molecule has 1 aliphatic heterocycles. The topological polar surface area (TPSA) is 52.6 Å². The highest BCUT2D eigenvalue weighted by molar-refractivity contribution is 14.0. The summed E-state index contributed by atoms with van der Waals surface area (Å²) < 4.78 is 0.487. The van der Waals surface area contributed by atoms with Crippen molar-refractivity contribution in [3.05, 3.63) is 24.4 Å². The van der Waals surface area contributed by atoms with Gasteiger partial charge in [0.2, 0.25) is 0 Å². The van der Waals surface area contributed by atoms with Crippen molar-refractivity contribution in [1.29, 1.82) is 0 Å². The Morgan fingerprint density at radius 2 is 2.04 bits per heavy atom. The fourth-order valence-corrected chi connectivity index (χ4v) is 5.56. The zero-order chi connectivity index (χ0) is 18.1. The van der Waals surface area contributed by atoms with Gasteiger partial charge in [0.15, 0.2) is 5.96 Å². The van der Waals surface area contributed by atoms with E-state index in [0.29, 0.717) is 4.75 Å². The van der Waals surface area contributed by atoms with Gasteiger partial charge in [-0.3, -0.25) is 4.99 Å². The molecule has 1 aromatic rings. The predicted octanol–water partition coefficient (Wildman–Crippen LogP) is 4.22. The van der Waals surface area contributed by atoms with Crippen LogP contribution in [0.1, 0.15) is 44.9 Å². The summed E-state index contributed by atoms with van der Waals surface area (Å²) in [6.45, 7) is 4.22. The van der Waals surface area contributed by atoms with Crippen LogP contribution in [0.4, 0.5) is 5.82 Å². The first kappa shape index (κ1) is 22.6. The Kier molecular flexibility index (Phi) is 10.0. The van der Waals surface area contributed by atoms with Gasteiger partial charge < -0.3 is 15.5 Å². The van der Waals surface area contributed by atoms with Gasteiger partial charge in [-0.05, 0) is 37.8 Å². The van der Waals surface area contributed by atoms with Crippen molar-refractivity contribution >= 4 is 47.5 Å². The molecule has 1 spiro atoms. The van der Waals surface area contributed by atoms with Crippen LogP contribution in [-0.4, -0.2) is 59.6 Å². The van der Waals surface area contributed by atoms with E-state index in [-0.39, 0.29) is 24.0 Å². The van der Waals surface area contributed by atoms with Gasteiger partial charge in [-0.2, -0.15) is 11.8 Å². The molecule has 0 radical (unpaired) electrons. The van der Waals surface area contributed by atoms with Crippen molar-refractivity contribution in [2.24, 2.45) is 4.99 Å². The lowest BCUT2D eigenvalue weighted by Gasteiger charge is -2.45. The first-order valence-corrected chi connectivity index (χ1v) is 11.0. The highest BCUT2D eigenvalue weighted by Crippen LogP contribution is 2.42. The number of nitrogens with zero attached hydrogens (tertiary/aromatic N) is 3. The minimum atomic E-state index is 0. The SMILES string of the molecule is CN=C(NCCCCNc1ccccn1)N1CCSC2(CCCCC2)C1.I. The van der Waals surface area contributed by atoms with E-state index in [4.69, 9.17) is 0 Å². The molecule has 152 valence electrons. The van der Waals surface area contributed by atoms with Gasteiger partial charge in [-0.25, -0.2) is 4.98 Å². The molecular formula is C20H34IN5S. The molecule has 1 aromatic heterocycles. The molecule has 0 atom stereocenters. The van der Waals surface area contributed by atoms with Crippen LogP contribution in [0.15, 0.2) is 29.4 Å². The number of aromatic nitrogens is 1. The molecule has 1 saturated heterocycles. The Hall–Kier alpha value is -0.700. The van der Waals surface area contributed by atoms with E-state index in [1.165, 1.54) is 44.4 Å². The lowest BCUT2D eigenvalue weighted by molar-refractivity contribution is 0.293. The summed E-state index contributed by atoms with van der Waals surface area (Å²) in [4.78, 5) is 11.3. The summed E-state index contributed by atoms with van der Waals surface area (Å²) in [5, 5.41) is 6.95. The zero-order valence-electron chi connectivity index (χ0n) is 16.5. The smallest absolute Gasteiger partial charge is 0.193 e. The van der Waals surface area contributed by atoms with Gasteiger partial charge in [-0.15, -0.1) is 24.0 Å². The number of nitrogens with one attached hydrogen (secondary N) is 2. The number of pyridine rings is 1. The van der Waals surface area contributed by atoms with Gasteiger partial charge in [-0.1, -0.05) is 25.3 Å². The molecular weight excluding hydrogens is 469 g/mol. The average Bonchev–Trinajstić information content (AvgIpc) is 2.69.